The van der Waals surface area contributed by atoms with Crippen LogP contribution in [0.1, 0.15) is 6.42 Å². The van der Waals surface area contributed by atoms with Crippen molar-refractivity contribution < 1.29 is 4.79 Å². The zero-order chi connectivity index (χ0) is 12.4. The van der Waals surface area contributed by atoms with E-state index in [2.05, 4.69) is 15.3 Å². The Bertz CT molecular complexity index is 420. The Morgan fingerprint density at radius 1 is 1.41 bits per heavy atom. The number of amides is 1. The van der Waals surface area contributed by atoms with E-state index in [-0.39, 0.29) is 11.9 Å². The van der Waals surface area contributed by atoms with Gasteiger partial charge < -0.3 is 15.1 Å². The SMILES string of the molecule is CN1C[C@@H](Nc2nccnc2N(C)C)CC1=O. The van der Waals surface area contributed by atoms with E-state index >= 15 is 0 Å². The number of aromatic nitrogens is 2. The molecule has 0 unspecified atom stereocenters. The van der Waals surface area contributed by atoms with Gasteiger partial charge in [0, 0.05) is 46.5 Å². The first-order valence-electron chi connectivity index (χ1n) is 5.56. The Balaban J connectivity index is 2.11. The molecule has 1 saturated heterocycles. The fraction of sp³-hybridized carbons (Fsp3) is 0.545. The van der Waals surface area contributed by atoms with Crippen LogP contribution >= 0.6 is 0 Å². The van der Waals surface area contributed by atoms with Gasteiger partial charge in [-0.15, -0.1) is 0 Å². The average molecular weight is 235 g/mol. The molecule has 1 fully saturated rings. The molecule has 1 aromatic rings. The lowest BCUT2D eigenvalue weighted by molar-refractivity contribution is -0.126. The van der Waals surface area contributed by atoms with Gasteiger partial charge in [0.15, 0.2) is 11.6 Å². The van der Waals surface area contributed by atoms with Gasteiger partial charge in [0.05, 0.1) is 6.04 Å². The minimum atomic E-state index is 0.114. The second-order valence-electron chi connectivity index (χ2n) is 4.44. The zero-order valence-corrected chi connectivity index (χ0v) is 10.3. The van der Waals surface area contributed by atoms with Crippen molar-refractivity contribution in [3.63, 3.8) is 0 Å². The van der Waals surface area contributed by atoms with Crippen molar-refractivity contribution in [3.05, 3.63) is 12.4 Å². The van der Waals surface area contributed by atoms with Crippen LogP contribution in [-0.4, -0.2) is 54.5 Å². The van der Waals surface area contributed by atoms with E-state index in [1.165, 1.54) is 0 Å². The lowest BCUT2D eigenvalue weighted by Gasteiger charge is -2.18. The van der Waals surface area contributed by atoms with Crippen molar-refractivity contribution in [2.75, 3.05) is 37.9 Å². The van der Waals surface area contributed by atoms with Crippen LogP contribution in [0.3, 0.4) is 0 Å². The van der Waals surface area contributed by atoms with E-state index < -0.39 is 0 Å². The van der Waals surface area contributed by atoms with Gasteiger partial charge in [-0.3, -0.25) is 4.79 Å². The molecule has 0 radical (unpaired) electrons. The van der Waals surface area contributed by atoms with Crippen LogP contribution in [0.2, 0.25) is 0 Å². The number of nitrogens with zero attached hydrogens (tertiary/aromatic N) is 4. The molecule has 1 N–H and O–H groups in total. The molecule has 2 heterocycles. The molecule has 0 bridgehead atoms. The molecular weight excluding hydrogens is 218 g/mol. The van der Waals surface area contributed by atoms with Gasteiger partial charge in [0.1, 0.15) is 0 Å². The highest BCUT2D eigenvalue weighted by molar-refractivity contribution is 5.80. The number of carbonyl (C=O) groups excluding carboxylic acids is 1. The molecule has 1 amide bonds. The summed E-state index contributed by atoms with van der Waals surface area (Å²) in [6.45, 7) is 0.711. The molecule has 6 heteroatoms. The van der Waals surface area contributed by atoms with E-state index in [4.69, 9.17) is 0 Å². The molecule has 2 rings (SSSR count). The highest BCUT2D eigenvalue weighted by Gasteiger charge is 2.27. The third-order valence-corrected chi connectivity index (χ3v) is 2.78. The normalized spacial score (nSPS) is 19.6. The molecule has 92 valence electrons. The van der Waals surface area contributed by atoms with Gasteiger partial charge in [-0.25, -0.2) is 9.97 Å². The minimum absolute atomic E-state index is 0.114. The van der Waals surface area contributed by atoms with E-state index in [1.807, 2.05) is 26.0 Å². The molecule has 1 aliphatic rings. The van der Waals surface area contributed by atoms with Crippen LogP contribution in [0.5, 0.6) is 0 Å². The van der Waals surface area contributed by atoms with Crippen LogP contribution in [-0.2, 0) is 4.79 Å². The maximum Gasteiger partial charge on any atom is 0.224 e. The van der Waals surface area contributed by atoms with Crippen molar-refractivity contribution in [1.82, 2.24) is 14.9 Å². The third-order valence-electron chi connectivity index (χ3n) is 2.78. The Hall–Kier alpha value is -1.85. The maximum absolute atomic E-state index is 11.4. The summed E-state index contributed by atoms with van der Waals surface area (Å²) in [5.41, 5.74) is 0. The van der Waals surface area contributed by atoms with E-state index in [1.54, 1.807) is 17.3 Å². The molecular formula is C11H17N5O. The summed E-state index contributed by atoms with van der Waals surface area (Å²) in [5, 5.41) is 3.27. The summed E-state index contributed by atoms with van der Waals surface area (Å²) in [6.07, 6.45) is 3.82. The number of carbonyl (C=O) groups is 1. The van der Waals surface area contributed by atoms with Gasteiger partial charge in [-0.05, 0) is 0 Å². The summed E-state index contributed by atoms with van der Waals surface area (Å²) in [4.78, 5) is 23.6. The number of likely N-dealkylation sites (N-methyl/N-ethyl adjacent to an activating group) is 1. The molecule has 17 heavy (non-hydrogen) atoms. The van der Waals surface area contributed by atoms with Crippen LogP contribution in [0.4, 0.5) is 11.6 Å². The minimum Gasteiger partial charge on any atom is -0.362 e. The Labute approximate surface area is 101 Å². The van der Waals surface area contributed by atoms with E-state index in [0.717, 1.165) is 11.6 Å². The highest BCUT2D eigenvalue weighted by atomic mass is 16.2. The van der Waals surface area contributed by atoms with Crippen molar-refractivity contribution in [1.29, 1.82) is 0 Å². The van der Waals surface area contributed by atoms with E-state index in [0.29, 0.717) is 13.0 Å². The van der Waals surface area contributed by atoms with E-state index in [9.17, 15) is 4.79 Å². The van der Waals surface area contributed by atoms with Crippen molar-refractivity contribution in [2.45, 2.75) is 12.5 Å². The number of hydrogen-bond donors (Lipinski definition) is 1. The number of hydrogen-bond acceptors (Lipinski definition) is 5. The molecule has 0 aliphatic carbocycles. The lowest BCUT2D eigenvalue weighted by atomic mass is 10.2. The topological polar surface area (TPSA) is 61.4 Å². The van der Waals surface area contributed by atoms with Crippen LogP contribution in [0, 0.1) is 0 Å². The predicted molar refractivity (Wildman–Crippen MR) is 66.0 cm³/mol. The Kier molecular flexibility index (Phi) is 3.12. The van der Waals surface area contributed by atoms with Gasteiger partial charge >= 0.3 is 0 Å². The number of nitrogens with one attached hydrogen (secondary N) is 1. The zero-order valence-electron chi connectivity index (χ0n) is 10.3. The van der Waals surface area contributed by atoms with Gasteiger partial charge in [-0.2, -0.15) is 0 Å². The van der Waals surface area contributed by atoms with Gasteiger partial charge in [0.25, 0.3) is 0 Å². The second-order valence-corrected chi connectivity index (χ2v) is 4.44. The fourth-order valence-corrected chi connectivity index (χ4v) is 1.91. The smallest absolute Gasteiger partial charge is 0.224 e. The van der Waals surface area contributed by atoms with Crippen molar-refractivity contribution in [3.8, 4) is 0 Å². The number of likely N-dealkylation sites (tertiary alicyclic amines) is 1. The molecule has 0 saturated carbocycles. The Morgan fingerprint density at radius 3 is 2.71 bits per heavy atom. The quantitative estimate of drug-likeness (QED) is 0.810. The Morgan fingerprint density at radius 2 is 2.12 bits per heavy atom. The first-order chi connectivity index (χ1) is 8.08. The highest BCUT2D eigenvalue weighted by Crippen LogP contribution is 2.21. The average Bonchev–Trinajstić information content (AvgIpc) is 2.58. The summed E-state index contributed by atoms with van der Waals surface area (Å²) in [7, 11) is 5.65. The monoisotopic (exact) mass is 235 g/mol. The van der Waals surface area contributed by atoms with Crippen molar-refractivity contribution in [2.24, 2.45) is 0 Å². The molecule has 1 atom stereocenters. The molecule has 6 nitrogen and oxygen atoms in total. The first kappa shape index (κ1) is 11.6. The number of anilines is 2. The second kappa shape index (κ2) is 4.57. The standard InChI is InChI=1S/C11H17N5O/c1-15(2)11-10(12-4-5-13-11)14-8-6-9(17)16(3)7-8/h4-5,8H,6-7H2,1-3H3,(H,12,14)/t8-/m0/s1. The molecule has 1 aliphatic heterocycles. The van der Waals surface area contributed by atoms with Crippen molar-refractivity contribution >= 4 is 17.5 Å². The van der Waals surface area contributed by atoms with Gasteiger partial charge in [0.2, 0.25) is 5.91 Å². The van der Waals surface area contributed by atoms with Crippen LogP contribution < -0.4 is 10.2 Å². The first-order valence-corrected chi connectivity index (χ1v) is 5.56. The third kappa shape index (κ3) is 2.46. The van der Waals surface area contributed by atoms with Crippen LogP contribution in [0.15, 0.2) is 12.4 Å². The predicted octanol–water partition coefficient (Wildman–Crippen LogP) is 0.185. The summed E-state index contributed by atoms with van der Waals surface area (Å²) in [5.74, 6) is 1.68. The lowest BCUT2D eigenvalue weighted by Crippen LogP contribution is -2.26. The summed E-state index contributed by atoms with van der Waals surface area (Å²) in [6, 6.07) is 0.114. The largest absolute Gasteiger partial charge is 0.362 e. The van der Waals surface area contributed by atoms with Gasteiger partial charge in [-0.1, -0.05) is 0 Å². The number of rotatable bonds is 3. The summed E-state index contributed by atoms with van der Waals surface area (Å²) >= 11 is 0. The molecule has 0 spiro atoms. The fourth-order valence-electron chi connectivity index (χ4n) is 1.91. The molecule has 1 aromatic heterocycles. The molecule has 0 aromatic carbocycles. The maximum atomic E-state index is 11.4. The summed E-state index contributed by atoms with van der Waals surface area (Å²) < 4.78 is 0. The van der Waals surface area contributed by atoms with Crippen LogP contribution in [0.25, 0.3) is 0 Å².